The molecule has 0 aliphatic heterocycles. The van der Waals surface area contributed by atoms with Gasteiger partial charge in [0.25, 0.3) is 0 Å². The lowest BCUT2D eigenvalue weighted by Gasteiger charge is -2.20. The first kappa shape index (κ1) is 13.9. The third kappa shape index (κ3) is 3.29. The molecule has 20 heavy (non-hydrogen) atoms. The number of carbonyl (C=O) groups excluding carboxylic acids is 1. The summed E-state index contributed by atoms with van der Waals surface area (Å²) in [6.07, 6.45) is 0. The number of carbonyl (C=O) groups is 1. The van der Waals surface area contributed by atoms with E-state index in [1.807, 2.05) is 54.6 Å². The van der Waals surface area contributed by atoms with Gasteiger partial charge in [0.2, 0.25) is 5.91 Å². The molecule has 0 spiro atoms. The normalized spacial score (nSPS) is 9.90. The molecule has 0 aliphatic carbocycles. The molecule has 0 aromatic heterocycles. The highest BCUT2D eigenvalue weighted by Crippen LogP contribution is 2.26. The van der Waals surface area contributed by atoms with Gasteiger partial charge in [0.1, 0.15) is 5.75 Å². The molecule has 0 radical (unpaired) electrons. The van der Waals surface area contributed by atoms with Crippen molar-refractivity contribution < 1.29 is 9.53 Å². The Bertz CT molecular complexity index is 570. The van der Waals surface area contributed by atoms with E-state index in [9.17, 15) is 4.79 Å². The topological polar surface area (TPSA) is 41.6 Å². The summed E-state index contributed by atoms with van der Waals surface area (Å²) in [7, 11) is 3.34. The van der Waals surface area contributed by atoms with E-state index in [1.54, 1.807) is 19.1 Å². The minimum atomic E-state index is -0.0293. The number of rotatable bonds is 5. The standard InChI is InChI=1S/C16H18N2O2/c1-18(14-10-6-7-11-15(14)20-2)16(19)12-17-13-8-4-3-5-9-13/h3-11,17H,12H2,1-2H3. The molecule has 0 unspecified atom stereocenters. The lowest BCUT2D eigenvalue weighted by Crippen LogP contribution is -2.32. The molecule has 0 fully saturated rings. The van der Waals surface area contributed by atoms with Crippen LogP contribution in [0.4, 0.5) is 11.4 Å². The van der Waals surface area contributed by atoms with Gasteiger partial charge in [-0.3, -0.25) is 4.79 Å². The van der Waals surface area contributed by atoms with Crippen molar-refractivity contribution in [3.63, 3.8) is 0 Å². The average Bonchev–Trinajstić information content (AvgIpc) is 2.52. The summed E-state index contributed by atoms with van der Waals surface area (Å²) >= 11 is 0. The summed E-state index contributed by atoms with van der Waals surface area (Å²) in [5.74, 6) is 0.654. The van der Waals surface area contributed by atoms with E-state index < -0.39 is 0 Å². The molecular formula is C16H18N2O2. The van der Waals surface area contributed by atoms with Crippen molar-refractivity contribution in [2.24, 2.45) is 0 Å². The Balaban J connectivity index is 2.02. The van der Waals surface area contributed by atoms with E-state index in [0.717, 1.165) is 11.4 Å². The third-order valence-corrected chi connectivity index (χ3v) is 3.04. The van der Waals surface area contributed by atoms with Gasteiger partial charge in [-0.15, -0.1) is 0 Å². The Morgan fingerprint density at radius 2 is 1.75 bits per heavy atom. The van der Waals surface area contributed by atoms with Gasteiger partial charge in [0.05, 0.1) is 19.3 Å². The van der Waals surface area contributed by atoms with Gasteiger partial charge in [0, 0.05) is 12.7 Å². The van der Waals surface area contributed by atoms with Gasteiger partial charge >= 0.3 is 0 Å². The van der Waals surface area contributed by atoms with Crippen molar-refractivity contribution in [3.05, 3.63) is 54.6 Å². The van der Waals surface area contributed by atoms with E-state index in [-0.39, 0.29) is 12.5 Å². The van der Waals surface area contributed by atoms with E-state index >= 15 is 0 Å². The minimum absolute atomic E-state index is 0.0293. The number of hydrogen-bond acceptors (Lipinski definition) is 3. The first-order chi connectivity index (χ1) is 9.72. The highest BCUT2D eigenvalue weighted by Gasteiger charge is 2.14. The van der Waals surface area contributed by atoms with E-state index in [4.69, 9.17) is 4.74 Å². The van der Waals surface area contributed by atoms with Crippen LogP contribution in [0.5, 0.6) is 5.75 Å². The summed E-state index contributed by atoms with van der Waals surface area (Å²) < 4.78 is 5.27. The molecule has 2 aromatic carbocycles. The zero-order chi connectivity index (χ0) is 14.4. The molecule has 0 atom stereocenters. The van der Waals surface area contributed by atoms with Crippen LogP contribution in [0.3, 0.4) is 0 Å². The van der Waals surface area contributed by atoms with Crippen LogP contribution in [-0.2, 0) is 4.79 Å². The average molecular weight is 270 g/mol. The summed E-state index contributed by atoms with van der Waals surface area (Å²) in [5, 5.41) is 3.10. The van der Waals surface area contributed by atoms with Gasteiger partial charge in [-0.05, 0) is 24.3 Å². The maximum absolute atomic E-state index is 12.2. The van der Waals surface area contributed by atoms with Crippen LogP contribution in [0.1, 0.15) is 0 Å². The molecule has 4 heteroatoms. The van der Waals surface area contributed by atoms with Gasteiger partial charge in [0.15, 0.2) is 0 Å². The Labute approximate surface area is 119 Å². The summed E-state index contributed by atoms with van der Waals surface area (Å²) in [5.41, 5.74) is 1.68. The molecule has 2 aromatic rings. The second-order valence-corrected chi connectivity index (χ2v) is 4.34. The minimum Gasteiger partial charge on any atom is -0.495 e. The van der Waals surface area contributed by atoms with Crippen LogP contribution in [0, 0.1) is 0 Å². The monoisotopic (exact) mass is 270 g/mol. The molecule has 0 saturated carbocycles. The predicted molar refractivity (Wildman–Crippen MR) is 81.3 cm³/mol. The number of ether oxygens (including phenoxy) is 1. The predicted octanol–water partition coefficient (Wildman–Crippen LogP) is 2.77. The van der Waals surface area contributed by atoms with Crippen molar-refractivity contribution in [3.8, 4) is 5.75 Å². The van der Waals surface area contributed by atoms with Gasteiger partial charge in [-0.2, -0.15) is 0 Å². The quantitative estimate of drug-likeness (QED) is 0.908. The molecule has 1 amide bonds. The van der Waals surface area contributed by atoms with Crippen LogP contribution >= 0.6 is 0 Å². The Morgan fingerprint density at radius 1 is 1.10 bits per heavy atom. The fourth-order valence-corrected chi connectivity index (χ4v) is 1.89. The first-order valence-corrected chi connectivity index (χ1v) is 6.41. The number of hydrogen-bond donors (Lipinski definition) is 1. The Hall–Kier alpha value is -2.49. The summed E-state index contributed by atoms with van der Waals surface area (Å²) in [6, 6.07) is 17.1. The highest BCUT2D eigenvalue weighted by atomic mass is 16.5. The number of nitrogens with zero attached hydrogens (tertiary/aromatic N) is 1. The molecule has 0 bridgehead atoms. The lowest BCUT2D eigenvalue weighted by molar-refractivity contribution is -0.116. The highest BCUT2D eigenvalue weighted by molar-refractivity contribution is 5.96. The van der Waals surface area contributed by atoms with Crippen molar-refractivity contribution in [1.82, 2.24) is 0 Å². The van der Waals surface area contributed by atoms with Gasteiger partial charge < -0.3 is 15.0 Å². The number of amides is 1. The van der Waals surface area contributed by atoms with Crippen molar-refractivity contribution >= 4 is 17.3 Å². The Morgan fingerprint density at radius 3 is 2.45 bits per heavy atom. The van der Waals surface area contributed by atoms with Crippen LogP contribution in [0.2, 0.25) is 0 Å². The van der Waals surface area contributed by atoms with Crippen molar-refractivity contribution in [1.29, 1.82) is 0 Å². The Kier molecular flexibility index (Phi) is 4.60. The van der Waals surface area contributed by atoms with E-state index in [1.165, 1.54) is 0 Å². The van der Waals surface area contributed by atoms with Crippen molar-refractivity contribution in [2.45, 2.75) is 0 Å². The number of methoxy groups -OCH3 is 1. The molecule has 104 valence electrons. The number of nitrogens with one attached hydrogen (secondary N) is 1. The second-order valence-electron chi connectivity index (χ2n) is 4.34. The molecule has 2 rings (SSSR count). The van der Waals surface area contributed by atoms with Gasteiger partial charge in [-0.1, -0.05) is 30.3 Å². The van der Waals surface area contributed by atoms with Crippen LogP contribution in [0.15, 0.2) is 54.6 Å². The first-order valence-electron chi connectivity index (χ1n) is 6.41. The fraction of sp³-hybridized carbons (Fsp3) is 0.188. The van der Waals surface area contributed by atoms with E-state index in [0.29, 0.717) is 5.75 Å². The fourth-order valence-electron chi connectivity index (χ4n) is 1.89. The zero-order valence-electron chi connectivity index (χ0n) is 11.7. The summed E-state index contributed by atoms with van der Waals surface area (Å²) in [4.78, 5) is 13.8. The number of likely N-dealkylation sites (N-methyl/N-ethyl adjacent to an activating group) is 1. The number of anilines is 2. The van der Waals surface area contributed by atoms with E-state index in [2.05, 4.69) is 5.32 Å². The zero-order valence-corrected chi connectivity index (χ0v) is 11.7. The summed E-state index contributed by atoms with van der Waals surface area (Å²) in [6.45, 7) is 0.235. The maximum Gasteiger partial charge on any atom is 0.246 e. The molecule has 0 aliphatic rings. The molecular weight excluding hydrogens is 252 g/mol. The third-order valence-electron chi connectivity index (χ3n) is 3.04. The number of para-hydroxylation sites is 3. The number of benzene rings is 2. The molecule has 1 N–H and O–H groups in total. The SMILES string of the molecule is COc1ccccc1N(C)C(=O)CNc1ccccc1. The van der Waals surface area contributed by atoms with Crippen LogP contribution < -0.4 is 15.0 Å². The van der Waals surface area contributed by atoms with Crippen LogP contribution in [-0.4, -0.2) is 26.6 Å². The van der Waals surface area contributed by atoms with Gasteiger partial charge in [-0.25, -0.2) is 0 Å². The molecule has 0 heterocycles. The molecule has 0 saturated heterocycles. The smallest absolute Gasteiger partial charge is 0.246 e. The lowest BCUT2D eigenvalue weighted by atomic mass is 10.2. The molecule has 4 nitrogen and oxygen atoms in total. The van der Waals surface area contributed by atoms with Crippen LogP contribution in [0.25, 0.3) is 0 Å². The maximum atomic E-state index is 12.2. The second kappa shape index (κ2) is 6.61. The largest absolute Gasteiger partial charge is 0.495 e. The van der Waals surface area contributed by atoms with Crippen molar-refractivity contribution in [2.75, 3.05) is 30.9 Å².